The molecule has 114 valence electrons. The third kappa shape index (κ3) is 3.43. The molecule has 7 heteroatoms. The van der Waals surface area contributed by atoms with Gasteiger partial charge in [0, 0.05) is 19.8 Å². The van der Waals surface area contributed by atoms with E-state index in [4.69, 9.17) is 5.73 Å². The Morgan fingerprint density at radius 2 is 2.14 bits per heavy atom. The second-order valence-electron chi connectivity index (χ2n) is 4.91. The van der Waals surface area contributed by atoms with E-state index in [2.05, 4.69) is 5.10 Å². The fourth-order valence-electron chi connectivity index (χ4n) is 2.07. The van der Waals surface area contributed by atoms with Crippen molar-refractivity contribution in [2.45, 2.75) is 18.2 Å². The maximum absolute atomic E-state index is 12.8. The van der Waals surface area contributed by atoms with Gasteiger partial charge in [-0.1, -0.05) is 12.1 Å². The molecule has 0 atom stereocenters. The van der Waals surface area contributed by atoms with Gasteiger partial charge in [0.05, 0.1) is 11.9 Å². The standard InChI is InChI=1S/C14H20N4O2S/c1-12-5-3-6-13(9-12)18(8-4-7-15)21(19,20)14-10-16-17(2)11-14/h3,5-6,9-11H,4,7-8,15H2,1-2H3. The van der Waals surface area contributed by atoms with E-state index in [1.165, 1.54) is 21.4 Å². The zero-order valence-corrected chi connectivity index (χ0v) is 13.0. The lowest BCUT2D eigenvalue weighted by Gasteiger charge is -2.24. The highest BCUT2D eigenvalue weighted by atomic mass is 32.2. The van der Waals surface area contributed by atoms with Gasteiger partial charge in [0.2, 0.25) is 0 Å². The van der Waals surface area contributed by atoms with Crippen molar-refractivity contribution in [3.05, 3.63) is 42.2 Å². The Balaban J connectivity index is 2.44. The number of aryl methyl sites for hydroxylation is 2. The Morgan fingerprint density at radius 3 is 2.71 bits per heavy atom. The average molecular weight is 308 g/mol. The molecule has 0 amide bonds. The molecule has 1 aromatic carbocycles. The molecular weight excluding hydrogens is 288 g/mol. The monoisotopic (exact) mass is 308 g/mol. The number of anilines is 1. The minimum Gasteiger partial charge on any atom is -0.330 e. The number of benzene rings is 1. The molecule has 6 nitrogen and oxygen atoms in total. The molecule has 0 saturated heterocycles. The van der Waals surface area contributed by atoms with Gasteiger partial charge in [-0.2, -0.15) is 5.10 Å². The molecule has 0 spiro atoms. The van der Waals surface area contributed by atoms with E-state index in [0.29, 0.717) is 25.2 Å². The largest absolute Gasteiger partial charge is 0.330 e. The van der Waals surface area contributed by atoms with Crippen molar-refractivity contribution < 1.29 is 8.42 Å². The Hall–Kier alpha value is -1.86. The van der Waals surface area contributed by atoms with Crippen LogP contribution in [0.3, 0.4) is 0 Å². The summed E-state index contributed by atoms with van der Waals surface area (Å²) in [5, 5.41) is 3.94. The zero-order chi connectivity index (χ0) is 15.5. The van der Waals surface area contributed by atoms with E-state index >= 15 is 0 Å². The Labute approximate surface area is 125 Å². The van der Waals surface area contributed by atoms with Crippen molar-refractivity contribution in [1.82, 2.24) is 9.78 Å². The van der Waals surface area contributed by atoms with Crippen LogP contribution in [0.5, 0.6) is 0 Å². The molecule has 0 saturated carbocycles. The SMILES string of the molecule is Cc1cccc(N(CCCN)S(=O)(=O)c2cnn(C)c2)c1. The number of nitrogens with zero attached hydrogens (tertiary/aromatic N) is 3. The Kier molecular flexibility index (Phi) is 4.64. The highest BCUT2D eigenvalue weighted by Crippen LogP contribution is 2.24. The molecule has 2 N–H and O–H groups in total. The maximum atomic E-state index is 12.8. The van der Waals surface area contributed by atoms with Gasteiger partial charge in [-0.25, -0.2) is 8.42 Å². The summed E-state index contributed by atoms with van der Waals surface area (Å²) in [6, 6.07) is 7.42. The summed E-state index contributed by atoms with van der Waals surface area (Å²) in [6.45, 7) is 2.71. The third-order valence-electron chi connectivity index (χ3n) is 3.12. The number of nitrogens with two attached hydrogens (primary N) is 1. The van der Waals surface area contributed by atoms with Crippen molar-refractivity contribution in [3.63, 3.8) is 0 Å². The van der Waals surface area contributed by atoms with Crippen LogP contribution in [0.4, 0.5) is 5.69 Å². The lowest BCUT2D eigenvalue weighted by Crippen LogP contribution is -2.33. The average Bonchev–Trinajstić information content (AvgIpc) is 2.86. The maximum Gasteiger partial charge on any atom is 0.267 e. The van der Waals surface area contributed by atoms with Crippen LogP contribution in [0.15, 0.2) is 41.6 Å². The summed E-state index contributed by atoms with van der Waals surface area (Å²) in [6.07, 6.45) is 3.45. The summed E-state index contributed by atoms with van der Waals surface area (Å²) in [7, 11) is -1.94. The summed E-state index contributed by atoms with van der Waals surface area (Å²) in [5.74, 6) is 0. The van der Waals surface area contributed by atoms with Crippen molar-refractivity contribution in [3.8, 4) is 0 Å². The molecule has 0 aliphatic rings. The molecular formula is C14H20N4O2S. The fourth-order valence-corrected chi connectivity index (χ4v) is 3.55. The van der Waals surface area contributed by atoms with E-state index in [9.17, 15) is 8.42 Å². The molecule has 0 fully saturated rings. The zero-order valence-electron chi connectivity index (χ0n) is 12.2. The van der Waals surface area contributed by atoms with E-state index in [1.807, 2.05) is 25.1 Å². The predicted octanol–water partition coefficient (Wildman–Crippen LogP) is 1.27. The predicted molar refractivity (Wildman–Crippen MR) is 82.6 cm³/mol. The Morgan fingerprint density at radius 1 is 1.38 bits per heavy atom. The van der Waals surface area contributed by atoms with Crippen molar-refractivity contribution in [2.75, 3.05) is 17.4 Å². The smallest absolute Gasteiger partial charge is 0.267 e. The van der Waals surface area contributed by atoms with Crippen LogP contribution in [0.25, 0.3) is 0 Å². The Bertz CT molecular complexity index is 709. The lowest BCUT2D eigenvalue weighted by molar-refractivity contribution is 0.589. The van der Waals surface area contributed by atoms with Gasteiger partial charge in [-0.05, 0) is 37.6 Å². The van der Waals surface area contributed by atoms with Crippen molar-refractivity contribution in [2.24, 2.45) is 12.8 Å². The van der Waals surface area contributed by atoms with Crippen LogP contribution >= 0.6 is 0 Å². The van der Waals surface area contributed by atoms with Gasteiger partial charge < -0.3 is 5.73 Å². The van der Waals surface area contributed by atoms with E-state index in [0.717, 1.165) is 5.56 Å². The van der Waals surface area contributed by atoms with Crippen molar-refractivity contribution in [1.29, 1.82) is 0 Å². The third-order valence-corrected chi connectivity index (χ3v) is 4.90. The summed E-state index contributed by atoms with van der Waals surface area (Å²) < 4.78 is 28.5. The molecule has 0 bridgehead atoms. The molecule has 1 aromatic heterocycles. The van der Waals surface area contributed by atoms with Gasteiger partial charge in [0.1, 0.15) is 4.90 Å². The number of sulfonamides is 1. The minimum atomic E-state index is -3.63. The molecule has 2 rings (SSSR count). The summed E-state index contributed by atoms with van der Waals surface area (Å²) in [5.41, 5.74) is 7.18. The fraction of sp³-hybridized carbons (Fsp3) is 0.357. The van der Waals surface area contributed by atoms with Crippen LogP contribution < -0.4 is 10.0 Å². The quantitative estimate of drug-likeness (QED) is 0.871. The van der Waals surface area contributed by atoms with E-state index in [-0.39, 0.29) is 4.90 Å². The van der Waals surface area contributed by atoms with Gasteiger partial charge in [0.25, 0.3) is 10.0 Å². The lowest BCUT2D eigenvalue weighted by atomic mass is 10.2. The molecule has 0 unspecified atom stereocenters. The minimum absolute atomic E-state index is 0.184. The topological polar surface area (TPSA) is 81.2 Å². The van der Waals surface area contributed by atoms with E-state index in [1.54, 1.807) is 13.1 Å². The first-order chi connectivity index (χ1) is 9.95. The van der Waals surface area contributed by atoms with Crippen LogP contribution in [-0.2, 0) is 17.1 Å². The van der Waals surface area contributed by atoms with Gasteiger partial charge in [-0.3, -0.25) is 8.99 Å². The number of hydrogen-bond acceptors (Lipinski definition) is 4. The molecule has 0 aliphatic heterocycles. The van der Waals surface area contributed by atoms with Gasteiger partial charge in [0.15, 0.2) is 0 Å². The van der Waals surface area contributed by atoms with Crippen LogP contribution in [0, 0.1) is 6.92 Å². The summed E-state index contributed by atoms with van der Waals surface area (Å²) >= 11 is 0. The molecule has 0 radical (unpaired) electrons. The highest BCUT2D eigenvalue weighted by Gasteiger charge is 2.25. The molecule has 2 aromatic rings. The van der Waals surface area contributed by atoms with Crippen LogP contribution in [0.2, 0.25) is 0 Å². The molecule has 1 heterocycles. The van der Waals surface area contributed by atoms with Crippen LogP contribution in [0.1, 0.15) is 12.0 Å². The first kappa shape index (κ1) is 15.5. The first-order valence-corrected chi connectivity index (χ1v) is 8.17. The van der Waals surface area contributed by atoms with Crippen LogP contribution in [-0.4, -0.2) is 31.3 Å². The number of rotatable bonds is 6. The van der Waals surface area contributed by atoms with Gasteiger partial charge in [-0.15, -0.1) is 0 Å². The second-order valence-corrected chi connectivity index (χ2v) is 6.77. The normalized spacial score (nSPS) is 11.6. The molecule has 0 aliphatic carbocycles. The van der Waals surface area contributed by atoms with Crippen molar-refractivity contribution >= 4 is 15.7 Å². The highest BCUT2D eigenvalue weighted by molar-refractivity contribution is 7.92. The first-order valence-electron chi connectivity index (χ1n) is 6.73. The van der Waals surface area contributed by atoms with E-state index < -0.39 is 10.0 Å². The summed E-state index contributed by atoms with van der Waals surface area (Å²) in [4.78, 5) is 0.184. The second kappa shape index (κ2) is 6.28. The number of hydrogen-bond donors (Lipinski definition) is 1. The number of aromatic nitrogens is 2. The van der Waals surface area contributed by atoms with Gasteiger partial charge >= 0.3 is 0 Å². The molecule has 21 heavy (non-hydrogen) atoms.